The summed E-state index contributed by atoms with van der Waals surface area (Å²) in [5.41, 5.74) is -1.44. The molecule has 0 aliphatic carbocycles. The Labute approximate surface area is 190 Å². The number of hydrogen-bond acceptors (Lipinski definition) is 5. The molecule has 0 spiro atoms. The van der Waals surface area contributed by atoms with Crippen molar-refractivity contribution in [3.63, 3.8) is 0 Å². The van der Waals surface area contributed by atoms with Crippen molar-refractivity contribution >= 4 is 28.8 Å². The number of ketones is 1. The quantitative estimate of drug-likeness (QED) is 0.186. The molecule has 1 N–H and O–H groups in total. The predicted molar refractivity (Wildman–Crippen MR) is 116 cm³/mol. The highest BCUT2D eigenvalue weighted by atomic mass is 19.4. The second-order valence-electron chi connectivity index (χ2n) is 7.43. The number of nitro groups is 1. The minimum atomic E-state index is -4.70. The first-order valence-electron chi connectivity index (χ1n) is 9.87. The molecule has 0 saturated carbocycles. The van der Waals surface area contributed by atoms with E-state index >= 15 is 0 Å². The number of nitro benzene ring substituents is 1. The van der Waals surface area contributed by atoms with E-state index in [9.17, 15) is 38.0 Å². The monoisotopic (exact) mass is 468 g/mol. The summed E-state index contributed by atoms with van der Waals surface area (Å²) in [7, 11) is 0. The van der Waals surface area contributed by atoms with Crippen LogP contribution in [0, 0.1) is 10.1 Å². The number of aliphatic hydroxyl groups excluding tert-OH is 1. The second kappa shape index (κ2) is 8.47. The highest BCUT2D eigenvalue weighted by Crippen LogP contribution is 2.43. The fraction of sp³-hybridized carbons (Fsp3) is 0.0833. The van der Waals surface area contributed by atoms with Crippen molar-refractivity contribution in [3.05, 3.63) is 111 Å². The van der Waals surface area contributed by atoms with E-state index in [1.54, 1.807) is 18.2 Å². The average Bonchev–Trinajstić information content (AvgIpc) is 3.09. The van der Waals surface area contributed by atoms with E-state index in [2.05, 4.69) is 0 Å². The van der Waals surface area contributed by atoms with Gasteiger partial charge >= 0.3 is 6.18 Å². The van der Waals surface area contributed by atoms with Crippen LogP contribution in [0.3, 0.4) is 0 Å². The Morgan fingerprint density at radius 3 is 2.18 bits per heavy atom. The Morgan fingerprint density at radius 1 is 0.941 bits per heavy atom. The molecular weight excluding hydrogens is 453 g/mol. The van der Waals surface area contributed by atoms with Crippen LogP contribution in [0.15, 0.2) is 84.4 Å². The van der Waals surface area contributed by atoms with E-state index < -0.39 is 40.2 Å². The Morgan fingerprint density at radius 2 is 1.59 bits per heavy atom. The molecule has 1 amide bonds. The third kappa shape index (κ3) is 4.01. The molecule has 1 heterocycles. The highest BCUT2D eigenvalue weighted by molar-refractivity contribution is 6.51. The summed E-state index contributed by atoms with van der Waals surface area (Å²) >= 11 is 0. The van der Waals surface area contributed by atoms with Crippen LogP contribution >= 0.6 is 0 Å². The maximum atomic E-state index is 13.3. The van der Waals surface area contributed by atoms with Crippen molar-refractivity contribution in [2.45, 2.75) is 12.2 Å². The van der Waals surface area contributed by atoms with Gasteiger partial charge in [-0.2, -0.15) is 13.2 Å². The van der Waals surface area contributed by atoms with E-state index in [1.165, 1.54) is 30.3 Å². The highest BCUT2D eigenvalue weighted by Gasteiger charge is 2.47. The number of carbonyl (C=O) groups excluding carboxylic acids is 2. The number of benzene rings is 3. The number of non-ortho nitro benzene ring substituents is 1. The summed E-state index contributed by atoms with van der Waals surface area (Å²) in [5, 5.41) is 22.0. The molecule has 1 atom stereocenters. The van der Waals surface area contributed by atoms with Gasteiger partial charge in [-0.3, -0.25) is 24.6 Å². The van der Waals surface area contributed by atoms with Crippen molar-refractivity contribution in [3.8, 4) is 0 Å². The molecule has 3 aromatic rings. The van der Waals surface area contributed by atoms with Gasteiger partial charge in [-0.15, -0.1) is 0 Å². The van der Waals surface area contributed by atoms with E-state index in [-0.39, 0.29) is 28.1 Å². The molecule has 0 radical (unpaired) electrons. The van der Waals surface area contributed by atoms with E-state index in [0.717, 1.165) is 35.2 Å². The zero-order chi connectivity index (χ0) is 24.6. The molecule has 1 saturated heterocycles. The van der Waals surface area contributed by atoms with Gasteiger partial charge in [0.1, 0.15) is 5.76 Å². The number of aliphatic hydroxyl groups is 1. The molecule has 34 heavy (non-hydrogen) atoms. The maximum absolute atomic E-state index is 13.3. The van der Waals surface area contributed by atoms with Crippen LogP contribution in [-0.4, -0.2) is 21.7 Å². The van der Waals surface area contributed by atoms with E-state index in [1.807, 2.05) is 0 Å². The van der Waals surface area contributed by atoms with Gasteiger partial charge in [-0.25, -0.2) is 0 Å². The van der Waals surface area contributed by atoms with Gasteiger partial charge in [-0.05, 0) is 35.9 Å². The largest absolute Gasteiger partial charge is 0.507 e. The summed E-state index contributed by atoms with van der Waals surface area (Å²) < 4.78 is 39.9. The summed E-state index contributed by atoms with van der Waals surface area (Å²) in [4.78, 5) is 37.3. The van der Waals surface area contributed by atoms with Gasteiger partial charge < -0.3 is 5.11 Å². The Kier molecular flexibility index (Phi) is 5.66. The summed E-state index contributed by atoms with van der Waals surface area (Å²) in [6, 6.07) is 15.3. The number of carbonyl (C=O) groups is 2. The molecule has 0 unspecified atom stereocenters. The molecular formula is C24H15F3N2O5. The van der Waals surface area contributed by atoms with Crippen LogP contribution in [0.5, 0.6) is 0 Å². The molecule has 0 bridgehead atoms. The average molecular weight is 468 g/mol. The number of nitrogens with zero attached hydrogens (tertiary/aromatic N) is 2. The minimum absolute atomic E-state index is 0.194. The van der Waals surface area contributed by atoms with Crippen molar-refractivity contribution in [1.82, 2.24) is 0 Å². The van der Waals surface area contributed by atoms with Crippen LogP contribution in [-0.2, 0) is 15.8 Å². The summed E-state index contributed by atoms with van der Waals surface area (Å²) in [6.45, 7) is 0. The van der Waals surface area contributed by atoms with Gasteiger partial charge in [0.15, 0.2) is 0 Å². The smallest absolute Gasteiger partial charge is 0.416 e. The van der Waals surface area contributed by atoms with Crippen molar-refractivity contribution in [1.29, 1.82) is 0 Å². The lowest BCUT2D eigenvalue weighted by molar-refractivity contribution is -0.384. The standard InChI is InChI=1S/C24H15F3N2O5/c25-24(26,27)16-7-4-8-18(13-16)28-20(14-9-11-17(12-10-14)29(33)34)19(22(31)23(28)32)21(30)15-5-2-1-3-6-15/h1-13,20,30H/t20-/m0/s1. The Hall–Kier alpha value is -4.47. The molecule has 1 aliphatic heterocycles. The maximum Gasteiger partial charge on any atom is 0.416 e. The number of halogens is 3. The predicted octanol–water partition coefficient (Wildman–Crippen LogP) is 5.24. The molecule has 4 rings (SSSR count). The fourth-order valence-corrected chi connectivity index (χ4v) is 3.78. The molecule has 1 aliphatic rings. The fourth-order valence-electron chi connectivity index (χ4n) is 3.78. The zero-order valence-corrected chi connectivity index (χ0v) is 17.2. The number of anilines is 1. The lowest BCUT2D eigenvalue weighted by atomic mass is 9.95. The molecule has 0 aromatic heterocycles. The van der Waals surface area contributed by atoms with Crippen LogP contribution in [0.2, 0.25) is 0 Å². The third-order valence-corrected chi connectivity index (χ3v) is 5.36. The first-order chi connectivity index (χ1) is 16.1. The van der Waals surface area contributed by atoms with E-state index in [4.69, 9.17) is 0 Å². The minimum Gasteiger partial charge on any atom is -0.507 e. The van der Waals surface area contributed by atoms with Crippen molar-refractivity contribution in [2.24, 2.45) is 0 Å². The number of amides is 1. The Balaban J connectivity index is 1.94. The molecule has 172 valence electrons. The van der Waals surface area contributed by atoms with Crippen LogP contribution in [0.25, 0.3) is 5.76 Å². The van der Waals surface area contributed by atoms with E-state index in [0.29, 0.717) is 0 Å². The third-order valence-electron chi connectivity index (χ3n) is 5.36. The SMILES string of the molecule is O=C1C(=O)N(c2cccc(C(F)(F)F)c2)[C@@H](c2ccc([N+](=O)[O-])cc2)C1=C(O)c1ccccc1. The van der Waals surface area contributed by atoms with Gasteiger partial charge in [0.2, 0.25) is 0 Å². The molecule has 1 fully saturated rings. The van der Waals surface area contributed by atoms with Gasteiger partial charge in [0, 0.05) is 23.4 Å². The summed E-state index contributed by atoms with van der Waals surface area (Å²) in [6.07, 6.45) is -4.70. The zero-order valence-electron chi connectivity index (χ0n) is 17.2. The second-order valence-corrected chi connectivity index (χ2v) is 7.43. The van der Waals surface area contributed by atoms with Crippen LogP contribution < -0.4 is 4.90 Å². The normalized spacial score (nSPS) is 17.7. The van der Waals surface area contributed by atoms with Crippen LogP contribution in [0.1, 0.15) is 22.7 Å². The number of Topliss-reactive ketones (excluding diaryl/α,β-unsaturated/α-hetero) is 1. The number of hydrogen-bond donors (Lipinski definition) is 1. The van der Waals surface area contributed by atoms with Gasteiger partial charge in [0.05, 0.1) is 22.1 Å². The first-order valence-corrected chi connectivity index (χ1v) is 9.87. The summed E-state index contributed by atoms with van der Waals surface area (Å²) in [5.74, 6) is -2.75. The first kappa shape index (κ1) is 22.7. The van der Waals surface area contributed by atoms with Crippen molar-refractivity contribution in [2.75, 3.05) is 4.90 Å². The molecule has 7 nitrogen and oxygen atoms in total. The van der Waals surface area contributed by atoms with Crippen LogP contribution in [0.4, 0.5) is 24.5 Å². The van der Waals surface area contributed by atoms with Gasteiger partial charge in [-0.1, -0.05) is 36.4 Å². The lowest BCUT2D eigenvalue weighted by Gasteiger charge is -2.26. The molecule has 10 heteroatoms. The number of alkyl halides is 3. The van der Waals surface area contributed by atoms with Gasteiger partial charge in [0.25, 0.3) is 17.4 Å². The lowest BCUT2D eigenvalue weighted by Crippen LogP contribution is -2.29. The number of rotatable bonds is 4. The Bertz CT molecular complexity index is 1320. The molecule has 3 aromatic carbocycles. The topological polar surface area (TPSA) is 101 Å². The van der Waals surface area contributed by atoms with Crippen molar-refractivity contribution < 1.29 is 32.8 Å².